The molecule has 1 aliphatic heterocycles. The second-order valence-corrected chi connectivity index (χ2v) is 8.80. The second-order valence-electron chi connectivity index (χ2n) is 8.80. The molecule has 0 spiro atoms. The molecule has 0 atom stereocenters. The molecule has 1 aliphatic rings. The number of unbranched alkanes of at least 4 members (excludes halogenated alkanes) is 3. The highest BCUT2D eigenvalue weighted by Gasteiger charge is 2.24. The summed E-state index contributed by atoms with van der Waals surface area (Å²) >= 11 is 0. The van der Waals surface area contributed by atoms with E-state index in [1.54, 1.807) is 0 Å². The molecule has 0 saturated heterocycles. The van der Waals surface area contributed by atoms with Gasteiger partial charge in [-0.2, -0.15) is 0 Å². The van der Waals surface area contributed by atoms with Crippen LogP contribution in [0.3, 0.4) is 0 Å². The van der Waals surface area contributed by atoms with E-state index in [4.69, 9.17) is 0 Å². The van der Waals surface area contributed by atoms with Gasteiger partial charge in [-0.05, 0) is 66.3 Å². The highest BCUT2D eigenvalue weighted by Crippen LogP contribution is 2.24. The molecule has 3 aromatic rings. The van der Waals surface area contributed by atoms with Crippen LogP contribution in [0, 0.1) is 0 Å². The molecule has 33 heavy (non-hydrogen) atoms. The summed E-state index contributed by atoms with van der Waals surface area (Å²) in [6.07, 6.45) is 6.80. The van der Waals surface area contributed by atoms with E-state index in [1.165, 1.54) is 31.2 Å². The van der Waals surface area contributed by atoms with Gasteiger partial charge >= 0.3 is 0 Å². The number of nitrogens with zero attached hydrogens (tertiary/aromatic N) is 1. The van der Waals surface area contributed by atoms with Gasteiger partial charge in [0.05, 0.1) is 0 Å². The lowest BCUT2D eigenvalue weighted by atomic mass is 9.97. The Morgan fingerprint density at radius 1 is 0.909 bits per heavy atom. The van der Waals surface area contributed by atoms with Gasteiger partial charge in [-0.1, -0.05) is 68.7 Å². The first-order chi connectivity index (χ1) is 16.1. The first-order valence-corrected chi connectivity index (χ1v) is 12.0. The topological polar surface area (TPSA) is 49.4 Å². The van der Waals surface area contributed by atoms with Crippen molar-refractivity contribution in [1.29, 1.82) is 0 Å². The molecule has 1 heterocycles. The Morgan fingerprint density at radius 2 is 1.70 bits per heavy atom. The summed E-state index contributed by atoms with van der Waals surface area (Å²) in [5.74, 6) is -0.0761. The zero-order valence-corrected chi connectivity index (χ0v) is 19.3. The summed E-state index contributed by atoms with van der Waals surface area (Å²) in [4.78, 5) is 27.6. The number of hydrogen-bond acceptors (Lipinski definition) is 2. The van der Waals surface area contributed by atoms with Crippen molar-refractivity contribution < 1.29 is 9.59 Å². The summed E-state index contributed by atoms with van der Waals surface area (Å²) in [5.41, 5.74) is 5.49. The fourth-order valence-corrected chi connectivity index (χ4v) is 4.35. The molecule has 4 nitrogen and oxygen atoms in total. The number of benzene rings is 3. The van der Waals surface area contributed by atoms with Crippen LogP contribution in [0.1, 0.15) is 70.0 Å². The van der Waals surface area contributed by atoms with Crippen molar-refractivity contribution in [1.82, 2.24) is 4.90 Å². The zero-order valence-electron chi connectivity index (χ0n) is 19.3. The van der Waals surface area contributed by atoms with Gasteiger partial charge in [-0.3, -0.25) is 9.59 Å². The van der Waals surface area contributed by atoms with Crippen molar-refractivity contribution in [2.75, 3.05) is 11.9 Å². The Morgan fingerprint density at radius 3 is 2.45 bits per heavy atom. The third-order valence-electron chi connectivity index (χ3n) is 6.28. The fourth-order valence-electron chi connectivity index (χ4n) is 4.35. The summed E-state index contributed by atoms with van der Waals surface area (Å²) in [7, 11) is 0. The Hall–Kier alpha value is -3.40. The van der Waals surface area contributed by atoms with E-state index in [-0.39, 0.29) is 11.8 Å². The van der Waals surface area contributed by atoms with Crippen LogP contribution in [0.4, 0.5) is 5.69 Å². The Bertz CT molecular complexity index is 1090. The Balaban J connectivity index is 1.36. The van der Waals surface area contributed by atoms with Gasteiger partial charge in [0.2, 0.25) is 0 Å². The van der Waals surface area contributed by atoms with Gasteiger partial charge in [0, 0.05) is 29.9 Å². The van der Waals surface area contributed by atoms with Crippen molar-refractivity contribution in [3.63, 3.8) is 0 Å². The van der Waals surface area contributed by atoms with Crippen molar-refractivity contribution in [2.45, 2.75) is 52.0 Å². The SMILES string of the molecule is CCCCCCc1ccc(C(=O)Nc2ccc3c(c2)CCN(Cc2ccccc2)C3=O)cc1. The first kappa shape index (κ1) is 22.8. The summed E-state index contributed by atoms with van der Waals surface area (Å²) in [5, 5.41) is 2.99. The number of rotatable bonds is 9. The van der Waals surface area contributed by atoms with Gasteiger partial charge in [-0.15, -0.1) is 0 Å². The number of hydrogen-bond donors (Lipinski definition) is 1. The predicted molar refractivity (Wildman–Crippen MR) is 134 cm³/mol. The molecule has 2 amide bonds. The van der Waals surface area contributed by atoms with Crippen LogP contribution in [0.25, 0.3) is 0 Å². The Kier molecular flexibility index (Phi) is 7.56. The van der Waals surface area contributed by atoms with Gasteiger partial charge in [0.15, 0.2) is 0 Å². The van der Waals surface area contributed by atoms with Crippen LogP contribution in [0.15, 0.2) is 72.8 Å². The van der Waals surface area contributed by atoms with Crippen molar-refractivity contribution >= 4 is 17.5 Å². The molecule has 0 saturated carbocycles. The van der Waals surface area contributed by atoms with E-state index in [1.807, 2.05) is 77.7 Å². The smallest absolute Gasteiger partial charge is 0.255 e. The molecule has 0 aliphatic carbocycles. The third-order valence-corrected chi connectivity index (χ3v) is 6.28. The summed E-state index contributed by atoms with van der Waals surface area (Å²) in [6, 6.07) is 23.5. The van der Waals surface area contributed by atoms with Gasteiger partial charge in [-0.25, -0.2) is 0 Å². The molecule has 0 fully saturated rings. The number of carbonyl (C=O) groups excluding carboxylic acids is 2. The molecule has 170 valence electrons. The van der Waals surface area contributed by atoms with Crippen molar-refractivity contribution in [2.24, 2.45) is 0 Å². The van der Waals surface area contributed by atoms with E-state index in [0.717, 1.165) is 35.2 Å². The van der Waals surface area contributed by atoms with Gasteiger partial charge < -0.3 is 10.2 Å². The van der Waals surface area contributed by atoms with E-state index in [2.05, 4.69) is 12.2 Å². The van der Waals surface area contributed by atoms with Crippen LogP contribution < -0.4 is 5.32 Å². The van der Waals surface area contributed by atoms with Crippen LogP contribution in [-0.4, -0.2) is 23.3 Å². The molecule has 0 aromatic heterocycles. The minimum Gasteiger partial charge on any atom is -0.334 e. The molecule has 0 bridgehead atoms. The molecule has 4 heteroatoms. The number of fused-ring (bicyclic) bond motifs is 1. The number of amides is 2. The van der Waals surface area contributed by atoms with Crippen LogP contribution in [-0.2, 0) is 19.4 Å². The van der Waals surface area contributed by atoms with Crippen molar-refractivity contribution in [3.05, 3.63) is 101 Å². The van der Waals surface area contributed by atoms with Gasteiger partial charge in [0.25, 0.3) is 11.8 Å². The van der Waals surface area contributed by atoms with E-state index in [9.17, 15) is 9.59 Å². The number of nitrogens with one attached hydrogen (secondary N) is 1. The van der Waals surface area contributed by atoms with Gasteiger partial charge in [0.1, 0.15) is 0 Å². The largest absolute Gasteiger partial charge is 0.334 e. The predicted octanol–water partition coefficient (Wildman–Crippen LogP) is 6.26. The Labute approximate surface area is 196 Å². The molecule has 3 aromatic carbocycles. The zero-order chi connectivity index (χ0) is 23.0. The molecule has 4 rings (SSSR count). The summed E-state index contributed by atoms with van der Waals surface area (Å²) < 4.78 is 0. The second kappa shape index (κ2) is 11.0. The minimum absolute atomic E-state index is 0.0486. The molecular weight excluding hydrogens is 408 g/mol. The molecule has 0 radical (unpaired) electrons. The van der Waals surface area contributed by atoms with Crippen LogP contribution in [0.2, 0.25) is 0 Å². The van der Waals surface area contributed by atoms with E-state index < -0.39 is 0 Å². The number of anilines is 1. The maximum atomic E-state index is 13.0. The van der Waals surface area contributed by atoms with E-state index in [0.29, 0.717) is 18.7 Å². The third kappa shape index (κ3) is 5.89. The molecule has 0 unspecified atom stereocenters. The van der Waals surface area contributed by atoms with Crippen LogP contribution >= 0.6 is 0 Å². The number of aryl methyl sites for hydroxylation is 1. The van der Waals surface area contributed by atoms with Crippen molar-refractivity contribution in [3.8, 4) is 0 Å². The number of carbonyl (C=O) groups is 2. The highest BCUT2D eigenvalue weighted by molar-refractivity contribution is 6.05. The average molecular weight is 441 g/mol. The fraction of sp³-hybridized carbons (Fsp3) is 0.310. The van der Waals surface area contributed by atoms with Crippen LogP contribution in [0.5, 0.6) is 0 Å². The lowest BCUT2D eigenvalue weighted by Gasteiger charge is -2.29. The highest BCUT2D eigenvalue weighted by atomic mass is 16.2. The quantitative estimate of drug-likeness (QED) is 0.399. The molecular formula is C29H32N2O2. The average Bonchev–Trinajstić information content (AvgIpc) is 2.85. The normalized spacial score (nSPS) is 13.0. The summed E-state index contributed by atoms with van der Waals surface area (Å²) in [6.45, 7) is 3.51. The standard InChI is InChI=1S/C29H32N2O2/c1-2-3-4-6-9-22-12-14-24(15-13-22)28(32)30-26-16-17-27-25(20-26)18-19-31(29(27)33)21-23-10-7-5-8-11-23/h5,7-8,10-17,20H,2-4,6,9,18-19,21H2,1H3,(H,30,32). The monoisotopic (exact) mass is 440 g/mol. The first-order valence-electron chi connectivity index (χ1n) is 12.0. The maximum Gasteiger partial charge on any atom is 0.255 e. The maximum absolute atomic E-state index is 13.0. The van der Waals surface area contributed by atoms with E-state index >= 15 is 0 Å². The lowest BCUT2D eigenvalue weighted by molar-refractivity contribution is 0.0727. The minimum atomic E-state index is -0.125. The lowest BCUT2D eigenvalue weighted by Crippen LogP contribution is -2.37. The molecule has 1 N–H and O–H groups in total.